The Labute approximate surface area is 113 Å². The normalized spacial score (nSPS) is 11.3. The Hall–Kier alpha value is -2.42. The molecule has 0 aliphatic rings. The lowest BCUT2D eigenvalue weighted by molar-refractivity contribution is 0.643. The smallest absolute Gasteiger partial charge is 0.0907 e. The molecule has 2 aromatic rings. The number of rotatable bonds is 4. The van der Waals surface area contributed by atoms with E-state index in [4.69, 9.17) is 0 Å². The van der Waals surface area contributed by atoms with Crippen molar-refractivity contribution in [3.05, 3.63) is 60.2 Å². The van der Waals surface area contributed by atoms with Crippen molar-refractivity contribution in [2.24, 2.45) is 9.98 Å². The van der Waals surface area contributed by atoms with E-state index < -0.39 is 0 Å². The average molecular weight is 251 g/mol. The molecule has 0 aliphatic carbocycles. The van der Waals surface area contributed by atoms with Crippen molar-refractivity contribution in [3.8, 4) is 0 Å². The highest BCUT2D eigenvalue weighted by molar-refractivity contribution is 5.81. The summed E-state index contributed by atoms with van der Waals surface area (Å²) in [5.41, 5.74) is 2.94. The molecule has 0 spiro atoms. The SMILES string of the molecule is CN(C)/C=N/c1ccc(/N=C/c2ccccc2)cc1. The Morgan fingerprint density at radius 1 is 0.789 bits per heavy atom. The molecule has 19 heavy (non-hydrogen) atoms. The van der Waals surface area contributed by atoms with Gasteiger partial charge in [0, 0.05) is 20.3 Å². The fraction of sp³-hybridized carbons (Fsp3) is 0.125. The van der Waals surface area contributed by atoms with Crippen molar-refractivity contribution in [1.82, 2.24) is 4.90 Å². The van der Waals surface area contributed by atoms with Gasteiger partial charge < -0.3 is 4.90 Å². The summed E-state index contributed by atoms with van der Waals surface area (Å²) in [7, 11) is 3.89. The molecule has 0 saturated carbocycles. The standard InChI is InChI=1S/C16H17N3/c1-19(2)13-18-16-10-8-15(9-11-16)17-12-14-6-4-3-5-7-14/h3-13H,1-2H3/b17-12+,18-13+. The number of aliphatic imine (C=N–C) groups is 2. The fourth-order valence-electron chi connectivity index (χ4n) is 1.50. The summed E-state index contributed by atoms with van der Waals surface area (Å²) < 4.78 is 0. The monoisotopic (exact) mass is 251 g/mol. The van der Waals surface area contributed by atoms with E-state index in [-0.39, 0.29) is 0 Å². The maximum atomic E-state index is 4.43. The largest absolute Gasteiger partial charge is 0.369 e. The zero-order valence-electron chi connectivity index (χ0n) is 11.2. The average Bonchev–Trinajstić information content (AvgIpc) is 2.45. The summed E-state index contributed by atoms with van der Waals surface area (Å²) in [6.45, 7) is 0. The molecular formula is C16H17N3. The zero-order valence-corrected chi connectivity index (χ0v) is 11.2. The molecule has 0 amide bonds. The van der Waals surface area contributed by atoms with Crippen LogP contribution in [-0.4, -0.2) is 31.5 Å². The molecule has 0 unspecified atom stereocenters. The molecule has 0 aromatic heterocycles. The predicted molar refractivity (Wildman–Crippen MR) is 82.0 cm³/mol. The van der Waals surface area contributed by atoms with Crippen molar-refractivity contribution in [2.75, 3.05) is 14.1 Å². The lowest BCUT2D eigenvalue weighted by atomic mass is 10.2. The van der Waals surface area contributed by atoms with E-state index in [0.717, 1.165) is 16.9 Å². The predicted octanol–water partition coefficient (Wildman–Crippen LogP) is 3.66. The third-order valence-corrected chi connectivity index (χ3v) is 2.45. The second kappa shape index (κ2) is 6.50. The van der Waals surface area contributed by atoms with Gasteiger partial charge >= 0.3 is 0 Å². The first-order valence-corrected chi connectivity index (χ1v) is 6.14. The Morgan fingerprint density at radius 2 is 1.37 bits per heavy atom. The highest BCUT2D eigenvalue weighted by Crippen LogP contribution is 2.18. The van der Waals surface area contributed by atoms with Gasteiger partial charge in [0.2, 0.25) is 0 Å². The van der Waals surface area contributed by atoms with Crippen LogP contribution in [0.4, 0.5) is 11.4 Å². The molecule has 3 nitrogen and oxygen atoms in total. The van der Waals surface area contributed by atoms with Crippen LogP contribution in [0, 0.1) is 0 Å². The first-order chi connectivity index (χ1) is 9.24. The van der Waals surface area contributed by atoms with Crippen molar-refractivity contribution in [3.63, 3.8) is 0 Å². The fourth-order valence-corrected chi connectivity index (χ4v) is 1.50. The van der Waals surface area contributed by atoms with E-state index in [1.54, 1.807) is 6.34 Å². The molecule has 0 heterocycles. The van der Waals surface area contributed by atoms with Gasteiger partial charge in [-0.25, -0.2) is 4.99 Å². The van der Waals surface area contributed by atoms with Gasteiger partial charge in [0.1, 0.15) is 0 Å². The lowest BCUT2D eigenvalue weighted by Gasteiger charge is -2.02. The third kappa shape index (κ3) is 4.39. The zero-order chi connectivity index (χ0) is 13.5. The van der Waals surface area contributed by atoms with Gasteiger partial charge in [-0.05, 0) is 29.8 Å². The van der Waals surface area contributed by atoms with E-state index in [1.165, 1.54) is 0 Å². The molecule has 0 fully saturated rings. The van der Waals surface area contributed by atoms with Crippen molar-refractivity contribution in [1.29, 1.82) is 0 Å². The van der Waals surface area contributed by atoms with Crippen LogP contribution in [0.2, 0.25) is 0 Å². The molecule has 0 bridgehead atoms. The quantitative estimate of drug-likeness (QED) is 0.602. The maximum absolute atomic E-state index is 4.43. The Kier molecular flexibility index (Phi) is 4.45. The van der Waals surface area contributed by atoms with Crippen LogP contribution >= 0.6 is 0 Å². The minimum atomic E-state index is 0.923. The Morgan fingerprint density at radius 3 is 1.95 bits per heavy atom. The maximum Gasteiger partial charge on any atom is 0.0907 e. The molecule has 0 saturated heterocycles. The summed E-state index contributed by atoms with van der Waals surface area (Å²) in [6.07, 6.45) is 3.64. The molecule has 96 valence electrons. The summed E-state index contributed by atoms with van der Waals surface area (Å²) in [6, 6.07) is 17.9. The van der Waals surface area contributed by atoms with Crippen LogP contribution in [0.15, 0.2) is 64.6 Å². The highest BCUT2D eigenvalue weighted by Gasteiger charge is 1.91. The second-order valence-electron chi connectivity index (χ2n) is 4.39. The van der Waals surface area contributed by atoms with Gasteiger partial charge in [-0.15, -0.1) is 0 Å². The number of hydrogen-bond acceptors (Lipinski definition) is 2. The third-order valence-electron chi connectivity index (χ3n) is 2.45. The van der Waals surface area contributed by atoms with Gasteiger partial charge in [-0.3, -0.25) is 4.99 Å². The first-order valence-electron chi connectivity index (χ1n) is 6.14. The van der Waals surface area contributed by atoms with Crippen LogP contribution in [0.1, 0.15) is 5.56 Å². The molecule has 0 N–H and O–H groups in total. The molecule has 0 radical (unpaired) electrons. The van der Waals surface area contributed by atoms with Crippen molar-refractivity contribution < 1.29 is 0 Å². The minimum absolute atomic E-state index is 0.923. The molecular weight excluding hydrogens is 234 g/mol. The lowest BCUT2D eigenvalue weighted by Crippen LogP contribution is -2.06. The number of hydrogen-bond donors (Lipinski definition) is 0. The van der Waals surface area contributed by atoms with Crippen LogP contribution in [-0.2, 0) is 0 Å². The number of benzene rings is 2. The van der Waals surface area contributed by atoms with E-state index in [1.807, 2.05) is 79.8 Å². The molecule has 0 atom stereocenters. The molecule has 0 aliphatic heterocycles. The van der Waals surface area contributed by atoms with Gasteiger partial charge in [0.05, 0.1) is 17.7 Å². The highest BCUT2D eigenvalue weighted by atomic mass is 15.1. The van der Waals surface area contributed by atoms with Gasteiger partial charge in [-0.1, -0.05) is 30.3 Å². The van der Waals surface area contributed by atoms with E-state index in [2.05, 4.69) is 9.98 Å². The first kappa shape index (κ1) is 13.0. The summed E-state index contributed by atoms with van der Waals surface area (Å²) >= 11 is 0. The van der Waals surface area contributed by atoms with E-state index in [0.29, 0.717) is 0 Å². The van der Waals surface area contributed by atoms with Crippen LogP contribution in [0.25, 0.3) is 0 Å². The van der Waals surface area contributed by atoms with Crippen molar-refractivity contribution >= 4 is 23.9 Å². The summed E-state index contributed by atoms with van der Waals surface area (Å²) in [4.78, 5) is 10.6. The summed E-state index contributed by atoms with van der Waals surface area (Å²) in [5, 5.41) is 0. The Balaban J connectivity index is 2.05. The van der Waals surface area contributed by atoms with Crippen molar-refractivity contribution in [2.45, 2.75) is 0 Å². The molecule has 2 aromatic carbocycles. The molecule has 3 heteroatoms. The second-order valence-corrected chi connectivity index (χ2v) is 4.39. The van der Waals surface area contributed by atoms with Gasteiger partial charge in [-0.2, -0.15) is 0 Å². The van der Waals surface area contributed by atoms with Crippen LogP contribution in [0.3, 0.4) is 0 Å². The van der Waals surface area contributed by atoms with Crippen LogP contribution < -0.4 is 0 Å². The Bertz CT molecular complexity index is 554. The van der Waals surface area contributed by atoms with Gasteiger partial charge in [0.15, 0.2) is 0 Å². The topological polar surface area (TPSA) is 28.0 Å². The van der Waals surface area contributed by atoms with Gasteiger partial charge in [0.25, 0.3) is 0 Å². The van der Waals surface area contributed by atoms with Crippen LogP contribution in [0.5, 0.6) is 0 Å². The number of nitrogens with zero attached hydrogens (tertiary/aromatic N) is 3. The minimum Gasteiger partial charge on any atom is -0.369 e. The molecule has 2 rings (SSSR count). The summed E-state index contributed by atoms with van der Waals surface area (Å²) in [5.74, 6) is 0. The van der Waals surface area contributed by atoms with E-state index in [9.17, 15) is 0 Å². The van der Waals surface area contributed by atoms with E-state index >= 15 is 0 Å².